The SMILES string of the molecule is N#[N+]C1=NN=C2N=c3[nH][nH]c(=O)c3=C(c3ccccc3)C21.[Cl-]. The molecule has 2 aromatic rings. The Labute approximate surface area is 129 Å². The van der Waals surface area contributed by atoms with Crippen molar-refractivity contribution < 1.29 is 12.4 Å². The fourth-order valence-electron chi connectivity index (χ4n) is 2.63. The van der Waals surface area contributed by atoms with Gasteiger partial charge in [-0.1, -0.05) is 30.3 Å². The number of aromatic nitrogens is 2. The van der Waals surface area contributed by atoms with Gasteiger partial charge in [0.05, 0.1) is 10.6 Å². The number of aromatic amines is 2. The van der Waals surface area contributed by atoms with Crippen LogP contribution in [0.3, 0.4) is 0 Å². The van der Waals surface area contributed by atoms with Crippen LogP contribution in [0.4, 0.5) is 0 Å². The molecule has 2 aliphatic heterocycles. The van der Waals surface area contributed by atoms with Gasteiger partial charge in [-0.25, -0.2) is 4.99 Å². The van der Waals surface area contributed by atoms with Crippen molar-refractivity contribution in [2.45, 2.75) is 0 Å². The average Bonchev–Trinajstić information content (AvgIpc) is 3.10. The third-order valence-corrected chi connectivity index (χ3v) is 3.50. The summed E-state index contributed by atoms with van der Waals surface area (Å²) >= 11 is 0. The number of hydrogen-bond donors (Lipinski definition) is 2. The van der Waals surface area contributed by atoms with Crippen molar-refractivity contribution >= 4 is 17.2 Å². The number of benzene rings is 1. The van der Waals surface area contributed by atoms with E-state index in [-0.39, 0.29) is 23.8 Å². The first-order valence-electron chi connectivity index (χ1n) is 6.25. The number of amidine groups is 2. The standard InChI is InChI=1S/C13H7N7O.ClH/c14-16-12-8-7(6-4-2-1-3-5-6)9-11(18-20-13(9)21)15-10(8)17-19-12;/h1-5,8,14H;1H. The van der Waals surface area contributed by atoms with E-state index in [1.165, 1.54) is 0 Å². The van der Waals surface area contributed by atoms with Crippen LogP contribution in [0, 0.1) is 11.3 Å². The van der Waals surface area contributed by atoms with Gasteiger partial charge in [0, 0.05) is 10.5 Å². The molecule has 1 aromatic heterocycles. The van der Waals surface area contributed by atoms with Gasteiger partial charge in [-0.15, -0.1) is 0 Å². The summed E-state index contributed by atoms with van der Waals surface area (Å²) in [5.74, 6) is -0.0231. The van der Waals surface area contributed by atoms with Crippen molar-refractivity contribution in [3.05, 3.63) is 61.9 Å². The number of H-pyrrole nitrogens is 2. The molecule has 0 bridgehead atoms. The quantitative estimate of drug-likeness (QED) is 0.538. The smallest absolute Gasteiger partial charge is 0.479 e. The van der Waals surface area contributed by atoms with Crippen molar-refractivity contribution in [1.29, 1.82) is 5.39 Å². The summed E-state index contributed by atoms with van der Waals surface area (Å²) in [6, 6.07) is 9.37. The zero-order valence-corrected chi connectivity index (χ0v) is 11.7. The first-order chi connectivity index (χ1) is 10.3. The Bertz CT molecular complexity index is 1020. The molecule has 0 fully saturated rings. The molecule has 108 valence electrons. The summed E-state index contributed by atoms with van der Waals surface area (Å²) in [4.78, 5) is 19.5. The maximum Gasteiger partial charge on any atom is 0.479 e. The van der Waals surface area contributed by atoms with Crippen molar-refractivity contribution in [3.63, 3.8) is 0 Å². The van der Waals surface area contributed by atoms with E-state index in [2.05, 4.69) is 30.4 Å². The van der Waals surface area contributed by atoms with Crippen molar-refractivity contribution in [1.82, 2.24) is 10.2 Å². The Balaban J connectivity index is 0.00000144. The maximum absolute atomic E-state index is 12.1. The highest BCUT2D eigenvalue weighted by atomic mass is 35.5. The van der Waals surface area contributed by atoms with Crippen molar-refractivity contribution in [2.75, 3.05) is 0 Å². The van der Waals surface area contributed by atoms with Gasteiger partial charge < -0.3 is 12.4 Å². The Morgan fingerprint density at radius 2 is 1.91 bits per heavy atom. The number of fused-ring (bicyclic) bond motifs is 2. The minimum atomic E-state index is -0.540. The minimum Gasteiger partial charge on any atom is -1.00 e. The van der Waals surface area contributed by atoms with Crippen LogP contribution < -0.4 is 28.7 Å². The zero-order valence-electron chi connectivity index (χ0n) is 11.0. The Morgan fingerprint density at radius 1 is 1.14 bits per heavy atom. The molecule has 1 aromatic carbocycles. The lowest BCUT2D eigenvalue weighted by molar-refractivity contribution is -0.00000467. The number of hydrogen-bond acceptors (Lipinski definition) is 5. The van der Waals surface area contributed by atoms with Gasteiger partial charge in [0.2, 0.25) is 0 Å². The highest BCUT2D eigenvalue weighted by molar-refractivity contribution is 6.20. The molecule has 0 spiro atoms. The zero-order chi connectivity index (χ0) is 14.4. The van der Waals surface area contributed by atoms with Crippen LogP contribution in [0.2, 0.25) is 0 Å². The monoisotopic (exact) mass is 313 g/mol. The lowest BCUT2D eigenvalue weighted by Crippen LogP contribution is -3.00. The summed E-state index contributed by atoms with van der Waals surface area (Å²) in [5.41, 5.74) is 1.63. The molecular formula is C13H8ClN7O. The van der Waals surface area contributed by atoms with Gasteiger partial charge in [-0.3, -0.25) is 15.0 Å². The van der Waals surface area contributed by atoms with E-state index < -0.39 is 5.92 Å². The molecule has 3 heterocycles. The van der Waals surface area contributed by atoms with Gasteiger partial charge in [-0.05, 0) is 10.7 Å². The van der Waals surface area contributed by atoms with E-state index in [1.54, 1.807) is 0 Å². The summed E-state index contributed by atoms with van der Waals surface area (Å²) in [6.07, 6.45) is 0. The first-order valence-corrected chi connectivity index (χ1v) is 6.25. The van der Waals surface area contributed by atoms with Crippen molar-refractivity contribution in [2.24, 2.45) is 21.1 Å². The molecule has 0 radical (unpaired) electrons. The van der Waals surface area contributed by atoms with E-state index in [1.807, 2.05) is 30.3 Å². The van der Waals surface area contributed by atoms with Crippen LogP contribution in [0.25, 0.3) is 10.5 Å². The van der Waals surface area contributed by atoms with Crippen LogP contribution in [0.1, 0.15) is 5.56 Å². The molecule has 0 saturated carbocycles. The highest BCUT2D eigenvalue weighted by Crippen LogP contribution is 2.28. The molecule has 2 N–H and O–H groups in total. The topological polar surface area (TPSA) is 114 Å². The van der Waals surface area contributed by atoms with Crippen LogP contribution in [0.15, 0.2) is 50.3 Å². The van der Waals surface area contributed by atoms with E-state index >= 15 is 0 Å². The normalized spacial score (nSPS) is 18.1. The first kappa shape index (κ1) is 13.9. The second kappa shape index (κ2) is 5.05. The van der Waals surface area contributed by atoms with Gasteiger partial charge in [0.1, 0.15) is 5.10 Å². The molecule has 22 heavy (non-hydrogen) atoms. The molecule has 8 nitrogen and oxygen atoms in total. The minimum absolute atomic E-state index is 0. The number of diazo groups is 1. The Morgan fingerprint density at radius 3 is 2.64 bits per heavy atom. The van der Waals surface area contributed by atoms with Crippen molar-refractivity contribution in [3.8, 4) is 0 Å². The molecule has 9 heteroatoms. The van der Waals surface area contributed by atoms with Crippen LogP contribution in [0.5, 0.6) is 0 Å². The van der Waals surface area contributed by atoms with E-state index in [9.17, 15) is 4.79 Å². The number of nitrogens with zero attached hydrogens (tertiary/aromatic N) is 5. The van der Waals surface area contributed by atoms with E-state index in [4.69, 9.17) is 5.39 Å². The average molecular weight is 314 g/mol. The highest BCUT2D eigenvalue weighted by Gasteiger charge is 2.44. The predicted molar refractivity (Wildman–Crippen MR) is 74.6 cm³/mol. The molecule has 4 rings (SSSR count). The second-order valence-electron chi connectivity index (χ2n) is 4.64. The summed E-state index contributed by atoms with van der Waals surface area (Å²) in [7, 11) is 0. The number of halogens is 1. The van der Waals surface area contributed by atoms with Crippen LogP contribution >= 0.6 is 0 Å². The van der Waals surface area contributed by atoms with Crippen LogP contribution in [-0.2, 0) is 0 Å². The molecule has 1 unspecified atom stereocenters. The number of rotatable bonds is 1. The van der Waals surface area contributed by atoms with Gasteiger partial charge >= 0.3 is 5.84 Å². The molecule has 0 amide bonds. The fraction of sp³-hybridized carbons (Fsp3) is 0.0769. The van der Waals surface area contributed by atoms with Gasteiger partial charge in [-0.2, -0.15) is 0 Å². The summed E-state index contributed by atoms with van der Waals surface area (Å²) in [6.45, 7) is 0. The second-order valence-corrected chi connectivity index (χ2v) is 4.64. The largest absolute Gasteiger partial charge is 1.00 e. The molecule has 0 aliphatic carbocycles. The molecular weight excluding hydrogens is 306 g/mol. The van der Waals surface area contributed by atoms with Crippen LogP contribution in [-0.4, -0.2) is 21.9 Å². The fourth-order valence-corrected chi connectivity index (χ4v) is 2.63. The third-order valence-electron chi connectivity index (χ3n) is 3.50. The predicted octanol–water partition coefficient (Wildman–Crippen LogP) is -3.27. The van der Waals surface area contributed by atoms with E-state index in [0.717, 1.165) is 5.56 Å². The number of nitrogens with one attached hydrogen (secondary N) is 2. The van der Waals surface area contributed by atoms with Gasteiger partial charge in [0.25, 0.3) is 5.56 Å². The Kier molecular flexibility index (Phi) is 3.19. The van der Waals surface area contributed by atoms with Gasteiger partial charge in [0.15, 0.2) is 17.2 Å². The van der Waals surface area contributed by atoms with E-state index in [0.29, 0.717) is 22.1 Å². The summed E-state index contributed by atoms with van der Waals surface area (Å²) in [5, 5.41) is 22.5. The molecule has 2 aliphatic rings. The lowest BCUT2D eigenvalue weighted by Gasteiger charge is -2.12. The maximum atomic E-state index is 12.1. The lowest BCUT2D eigenvalue weighted by atomic mass is 9.88. The third kappa shape index (κ3) is 1.80. The summed E-state index contributed by atoms with van der Waals surface area (Å²) < 4.78 is 0. The molecule has 1 atom stereocenters. The molecule has 0 saturated heterocycles. The Hall–Kier alpha value is -3.05.